The van der Waals surface area contributed by atoms with Gasteiger partial charge in [0.25, 0.3) is 0 Å². The Labute approximate surface area is 96.1 Å². The third-order valence-corrected chi connectivity index (χ3v) is 2.62. The summed E-state index contributed by atoms with van der Waals surface area (Å²) in [5, 5.41) is 0. The van der Waals surface area contributed by atoms with Gasteiger partial charge >= 0.3 is 0 Å². The fraction of sp³-hybridized carbons (Fsp3) is 0.462. The normalized spacial score (nSPS) is 10.2. The SMILES string of the molecule is CCCCCN(C)c1ccc(C=O)cc1F. The Bertz CT molecular complexity index is 352. The Hall–Kier alpha value is -1.38. The molecule has 1 rings (SSSR count). The van der Waals surface area contributed by atoms with E-state index in [0.717, 1.165) is 25.8 Å². The summed E-state index contributed by atoms with van der Waals surface area (Å²) in [4.78, 5) is 12.4. The summed E-state index contributed by atoms with van der Waals surface area (Å²) in [6, 6.07) is 4.57. The van der Waals surface area contributed by atoms with E-state index in [0.29, 0.717) is 17.5 Å². The summed E-state index contributed by atoms with van der Waals surface area (Å²) in [6.07, 6.45) is 4.02. The second kappa shape index (κ2) is 6.26. The van der Waals surface area contributed by atoms with Gasteiger partial charge in [-0.15, -0.1) is 0 Å². The molecule has 0 fully saturated rings. The van der Waals surface area contributed by atoms with Crippen LogP contribution < -0.4 is 4.90 Å². The van der Waals surface area contributed by atoms with Crippen LogP contribution in [-0.4, -0.2) is 19.9 Å². The van der Waals surface area contributed by atoms with Gasteiger partial charge in [-0.25, -0.2) is 4.39 Å². The van der Waals surface area contributed by atoms with Crippen LogP contribution in [0.5, 0.6) is 0 Å². The predicted molar refractivity (Wildman–Crippen MR) is 64.6 cm³/mol. The number of unbranched alkanes of at least 4 members (excludes halogenated alkanes) is 2. The first-order chi connectivity index (χ1) is 7.69. The predicted octanol–water partition coefficient (Wildman–Crippen LogP) is 3.26. The topological polar surface area (TPSA) is 20.3 Å². The van der Waals surface area contributed by atoms with Gasteiger partial charge in [-0.1, -0.05) is 19.8 Å². The minimum absolute atomic E-state index is 0.330. The number of hydrogen-bond donors (Lipinski definition) is 0. The first kappa shape index (κ1) is 12.7. The Morgan fingerprint density at radius 1 is 1.38 bits per heavy atom. The van der Waals surface area contributed by atoms with E-state index in [1.165, 1.54) is 6.07 Å². The quantitative estimate of drug-likeness (QED) is 0.545. The zero-order valence-electron chi connectivity index (χ0n) is 9.87. The van der Waals surface area contributed by atoms with Crippen LogP contribution in [0.2, 0.25) is 0 Å². The van der Waals surface area contributed by atoms with Crippen LogP contribution in [0.15, 0.2) is 18.2 Å². The molecule has 0 amide bonds. The highest BCUT2D eigenvalue weighted by Crippen LogP contribution is 2.19. The zero-order valence-corrected chi connectivity index (χ0v) is 9.87. The first-order valence-corrected chi connectivity index (χ1v) is 5.65. The minimum atomic E-state index is -0.330. The first-order valence-electron chi connectivity index (χ1n) is 5.65. The largest absolute Gasteiger partial charge is 0.372 e. The fourth-order valence-corrected chi connectivity index (χ4v) is 1.63. The lowest BCUT2D eigenvalue weighted by Gasteiger charge is -2.19. The molecule has 88 valence electrons. The summed E-state index contributed by atoms with van der Waals surface area (Å²) in [6.45, 7) is 2.98. The molecule has 0 aromatic heterocycles. The van der Waals surface area contributed by atoms with E-state index in [1.54, 1.807) is 12.1 Å². The van der Waals surface area contributed by atoms with Crippen LogP contribution >= 0.6 is 0 Å². The van der Waals surface area contributed by atoms with Crippen molar-refractivity contribution in [3.05, 3.63) is 29.6 Å². The third-order valence-electron chi connectivity index (χ3n) is 2.62. The summed E-state index contributed by atoms with van der Waals surface area (Å²) in [5.41, 5.74) is 0.935. The Kier molecular flexibility index (Phi) is 4.96. The summed E-state index contributed by atoms with van der Waals surface area (Å²) in [5.74, 6) is -0.330. The van der Waals surface area contributed by atoms with Gasteiger partial charge in [0.2, 0.25) is 0 Å². The number of anilines is 1. The molecule has 0 bridgehead atoms. The molecule has 3 heteroatoms. The zero-order chi connectivity index (χ0) is 12.0. The molecule has 16 heavy (non-hydrogen) atoms. The summed E-state index contributed by atoms with van der Waals surface area (Å²) in [7, 11) is 1.87. The lowest BCUT2D eigenvalue weighted by molar-refractivity contribution is 0.112. The van der Waals surface area contributed by atoms with Crippen LogP contribution in [-0.2, 0) is 0 Å². The van der Waals surface area contributed by atoms with Crippen molar-refractivity contribution in [2.45, 2.75) is 26.2 Å². The minimum Gasteiger partial charge on any atom is -0.372 e. The second-order valence-corrected chi connectivity index (χ2v) is 3.96. The average Bonchev–Trinajstić information content (AvgIpc) is 2.29. The Morgan fingerprint density at radius 3 is 2.69 bits per heavy atom. The van der Waals surface area contributed by atoms with Crippen molar-refractivity contribution in [1.29, 1.82) is 0 Å². The van der Waals surface area contributed by atoms with E-state index in [-0.39, 0.29) is 5.82 Å². The smallest absolute Gasteiger partial charge is 0.150 e. The molecule has 0 spiro atoms. The van der Waals surface area contributed by atoms with Crippen LogP contribution in [0, 0.1) is 5.82 Å². The van der Waals surface area contributed by atoms with Gasteiger partial charge in [-0.2, -0.15) is 0 Å². The monoisotopic (exact) mass is 223 g/mol. The molecule has 2 nitrogen and oxygen atoms in total. The number of carbonyl (C=O) groups excluding carboxylic acids is 1. The number of nitrogens with zero attached hydrogens (tertiary/aromatic N) is 1. The van der Waals surface area contributed by atoms with Gasteiger partial charge in [-0.3, -0.25) is 4.79 Å². The Balaban J connectivity index is 2.68. The molecular weight excluding hydrogens is 205 g/mol. The molecule has 0 atom stereocenters. The fourth-order valence-electron chi connectivity index (χ4n) is 1.63. The lowest BCUT2D eigenvalue weighted by Crippen LogP contribution is -2.19. The number of rotatable bonds is 6. The van der Waals surface area contributed by atoms with E-state index in [9.17, 15) is 9.18 Å². The van der Waals surface area contributed by atoms with Crippen molar-refractivity contribution in [2.24, 2.45) is 0 Å². The van der Waals surface area contributed by atoms with E-state index < -0.39 is 0 Å². The van der Waals surface area contributed by atoms with Gasteiger partial charge in [-0.05, 0) is 24.6 Å². The van der Waals surface area contributed by atoms with Crippen molar-refractivity contribution in [3.63, 3.8) is 0 Å². The highest BCUT2D eigenvalue weighted by molar-refractivity contribution is 5.75. The molecule has 0 aliphatic heterocycles. The maximum atomic E-state index is 13.6. The van der Waals surface area contributed by atoms with Crippen molar-refractivity contribution in [2.75, 3.05) is 18.5 Å². The molecule has 0 unspecified atom stereocenters. The van der Waals surface area contributed by atoms with Crippen LogP contribution in [0.1, 0.15) is 36.5 Å². The standard InChI is InChI=1S/C13H18FNO/c1-3-4-5-8-15(2)13-7-6-11(10-16)9-12(13)14/h6-7,9-10H,3-5,8H2,1-2H3. The second-order valence-electron chi connectivity index (χ2n) is 3.96. The Morgan fingerprint density at radius 2 is 2.12 bits per heavy atom. The highest BCUT2D eigenvalue weighted by atomic mass is 19.1. The molecule has 0 radical (unpaired) electrons. The van der Waals surface area contributed by atoms with Crippen LogP contribution in [0.4, 0.5) is 10.1 Å². The number of carbonyl (C=O) groups is 1. The number of hydrogen-bond acceptors (Lipinski definition) is 2. The van der Waals surface area contributed by atoms with Crippen LogP contribution in [0.25, 0.3) is 0 Å². The molecular formula is C13H18FNO. The third kappa shape index (κ3) is 3.33. The van der Waals surface area contributed by atoms with E-state index in [1.807, 2.05) is 11.9 Å². The molecule has 0 saturated carbocycles. The summed E-state index contributed by atoms with van der Waals surface area (Å²) < 4.78 is 13.6. The van der Waals surface area contributed by atoms with Crippen LogP contribution in [0.3, 0.4) is 0 Å². The van der Waals surface area contributed by atoms with Gasteiger partial charge in [0.15, 0.2) is 0 Å². The van der Waals surface area contributed by atoms with Crippen molar-refractivity contribution in [3.8, 4) is 0 Å². The van der Waals surface area contributed by atoms with Crippen molar-refractivity contribution < 1.29 is 9.18 Å². The lowest BCUT2D eigenvalue weighted by atomic mass is 10.2. The van der Waals surface area contributed by atoms with Gasteiger partial charge in [0, 0.05) is 19.2 Å². The molecule has 0 heterocycles. The number of benzene rings is 1. The van der Waals surface area contributed by atoms with E-state index in [2.05, 4.69) is 6.92 Å². The molecule has 0 aliphatic carbocycles. The average molecular weight is 223 g/mol. The highest BCUT2D eigenvalue weighted by Gasteiger charge is 2.07. The van der Waals surface area contributed by atoms with Crippen molar-refractivity contribution in [1.82, 2.24) is 0 Å². The van der Waals surface area contributed by atoms with E-state index in [4.69, 9.17) is 0 Å². The molecule has 0 aliphatic rings. The van der Waals surface area contributed by atoms with E-state index >= 15 is 0 Å². The molecule has 0 saturated heterocycles. The van der Waals surface area contributed by atoms with Gasteiger partial charge in [0.05, 0.1) is 5.69 Å². The molecule has 1 aromatic carbocycles. The van der Waals surface area contributed by atoms with Crippen molar-refractivity contribution >= 4 is 12.0 Å². The summed E-state index contributed by atoms with van der Waals surface area (Å²) >= 11 is 0. The number of halogens is 1. The maximum Gasteiger partial charge on any atom is 0.150 e. The molecule has 1 aromatic rings. The maximum absolute atomic E-state index is 13.6. The van der Waals surface area contributed by atoms with Gasteiger partial charge in [0.1, 0.15) is 12.1 Å². The molecule has 0 N–H and O–H groups in total. The van der Waals surface area contributed by atoms with Gasteiger partial charge < -0.3 is 4.90 Å². The number of aldehydes is 1.